The average Bonchev–Trinajstić information content (AvgIpc) is 3.21. The molecule has 0 radical (unpaired) electrons. The molecule has 2 fully saturated rings. The molecular weight excluding hydrogens is 390 g/mol. The number of halogens is 1. The third-order valence-corrected chi connectivity index (χ3v) is 4.93. The molecule has 3 heterocycles. The van der Waals surface area contributed by atoms with Gasteiger partial charge in [-0.3, -0.25) is 19.4 Å². The number of piperazine rings is 1. The van der Waals surface area contributed by atoms with Crippen molar-refractivity contribution in [1.29, 1.82) is 0 Å². The number of esters is 1. The van der Waals surface area contributed by atoms with Gasteiger partial charge in [0.2, 0.25) is 6.79 Å². The van der Waals surface area contributed by atoms with Crippen LogP contribution in [-0.4, -0.2) is 78.2 Å². The van der Waals surface area contributed by atoms with Gasteiger partial charge >= 0.3 is 12.0 Å². The predicted molar refractivity (Wildman–Crippen MR) is 99.3 cm³/mol. The molecule has 0 spiro atoms. The Morgan fingerprint density at radius 3 is 2.79 bits per heavy atom. The van der Waals surface area contributed by atoms with Gasteiger partial charge in [-0.15, -0.1) is 12.4 Å². The summed E-state index contributed by atoms with van der Waals surface area (Å²) in [7, 11) is 0. The van der Waals surface area contributed by atoms with Crippen molar-refractivity contribution >= 4 is 30.3 Å². The van der Waals surface area contributed by atoms with Crippen molar-refractivity contribution in [1.82, 2.24) is 14.7 Å². The Hall–Kier alpha value is -2.52. The second kappa shape index (κ2) is 8.24. The number of carbonyl (C=O) groups excluding carboxylic acids is 3. The summed E-state index contributed by atoms with van der Waals surface area (Å²) in [5.74, 6) is 0.535. The number of ether oxygens (including phenoxy) is 3. The van der Waals surface area contributed by atoms with E-state index in [1.807, 2.05) is 18.2 Å². The van der Waals surface area contributed by atoms with E-state index in [0.717, 1.165) is 22.0 Å². The summed E-state index contributed by atoms with van der Waals surface area (Å²) in [6.07, 6.45) is 0. The van der Waals surface area contributed by atoms with Crippen LogP contribution < -0.4 is 9.47 Å². The lowest BCUT2D eigenvalue weighted by Gasteiger charge is -2.35. The molecule has 1 aromatic carbocycles. The van der Waals surface area contributed by atoms with Crippen molar-refractivity contribution in [3.8, 4) is 11.5 Å². The number of nitrogens with zero attached hydrogens (tertiary/aromatic N) is 3. The molecule has 1 atom stereocenters. The number of imide groups is 1. The molecule has 0 aromatic heterocycles. The maximum atomic E-state index is 12.6. The molecule has 0 bridgehead atoms. The third-order valence-electron chi connectivity index (χ3n) is 4.93. The van der Waals surface area contributed by atoms with Gasteiger partial charge in [0.15, 0.2) is 11.5 Å². The minimum absolute atomic E-state index is 0. The van der Waals surface area contributed by atoms with Gasteiger partial charge in [0, 0.05) is 26.2 Å². The Labute approximate surface area is 168 Å². The highest BCUT2D eigenvalue weighted by Crippen LogP contribution is 2.33. The van der Waals surface area contributed by atoms with E-state index in [9.17, 15) is 14.4 Å². The van der Waals surface area contributed by atoms with Crippen LogP contribution in [0.1, 0.15) is 12.5 Å². The first-order valence-corrected chi connectivity index (χ1v) is 8.95. The van der Waals surface area contributed by atoms with Gasteiger partial charge in [-0.05, 0) is 24.6 Å². The monoisotopic (exact) mass is 411 g/mol. The summed E-state index contributed by atoms with van der Waals surface area (Å²) in [4.78, 5) is 41.4. The summed E-state index contributed by atoms with van der Waals surface area (Å²) in [6, 6.07) is 4.80. The number of urea groups is 1. The maximum Gasteiger partial charge on any atom is 0.328 e. The molecule has 3 aliphatic heterocycles. The van der Waals surface area contributed by atoms with Crippen LogP contribution in [0.5, 0.6) is 11.5 Å². The molecule has 0 N–H and O–H groups in total. The Morgan fingerprint density at radius 1 is 1.21 bits per heavy atom. The second-order valence-corrected chi connectivity index (χ2v) is 6.64. The van der Waals surface area contributed by atoms with E-state index in [2.05, 4.69) is 4.90 Å². The number of fused-ring (bicyclic) bond motifs is 2. The summed E-state index contributed by atoms with van der Waals surface area (Å²) in [5, 5.41) is 0. The lowest BCUT2D eigenvalue weighted by atomic mass is 10.1. The van der Waals surface area contributed by atoms with Crippen LogP contribution in [-0.2, 0) is 20.9 Å². The van der Waals surface area contributed by atoms with Crippen molar-refractivity contribution in [3.63, 3.8) is 0 Å². The van der Waals surface area contributed by atoms with Crippen LogP contribution in [0, 0.1) is 0 Å². The molecule has 0 saturated carbocycles. The van der Waals surface area contributed by atoms with Gasteiger partial charge in [-0.25, -0.2) is 4.79 Å². The fraction of sp³-hybridized carbons (Fsp3) is 0.500. The van der Waals surface area contributed by atoms with Crippen LogP contribution >= 0.6 is 12.4 Å². The highest BCUT2D eigenvalue weighted by atomic mass is 35.5. The summed E-state index contributed by atoms with van der Waals surface area (Å²) in [6.45, 7) is 3.95. The van der Waals surface area contributed by atoms with E-state index < -0.39 is 18.0 Å². The largest absolute Gasteiger partial charge is 0.465 e. The van der Waals surface area contributed by atoms with Gasteiger partial charge in [0.05, 0.1) is 6.61 Å². The van der Waals surface area contributed by atoms with Crippen LogP contribution in [0.2, 0.25) is 0 Å². The van der Waals surface area contributed by atoms with Crippen LogP contribution in [0.3, 0.4) is 0 Å². The zero-order valence-corrected chi connectivity index (χ0v) is 16.3. The van der Waals surface area contributed by atoms with Gasteiger partial charge < -0.3 is 19.1 Å². The highest BCUT2D eigenvalue weighted by Gasteiger charge is 2.48. The number of carbonyl (C=O) groups is 3. The fourth-order valence-corrected chi connectivity index (χ4v) is 3.63. The van der Waals surface area contributed by atoms with E-state index in [1.165, 1.54) is 4.90 Å². The van der Waals surface area contributed by atoms with E-state index in [1.54, 1.807) is 6.92 Å². The maximum absolute atomic E-state index is 12.6. The lowest BCUT2D eigenvalue weighted by molar-refractivity contribution is -0.146. The molecule has 1 aromatic rings. The lowest BCUT2D eigenvalue weighted by Crippen LogP contribution is -2.52. The topological polar surface area (TPSA) is 88.6 Å². The van der Waals surface area contributed by atoms with E-state index >= 15 is 0 Å². The summed E-state index contributed by atoms with van der Waals surface area (Å²) in [5.41, 5.74) is 1.05. The standard InChI is InChI=1S/C18H21N3O6.ClH/c1-2-25-16(22)10-21-17(23)13-9-19(5-6-20(13)18(21)24)8-12-3-4-14-15(7-12)27-11-26-14;/h3-4,7,13H,2,5-6,8-11H2,1H3;1H. The molecule has 2 saturated heterocycles. The van der Waals surface area contributed by atoms with E-state index in [-0.39, 0.29) is 38.3 Å². The quantitative estimate of drug-likeness (QED) is 0.524. The number of amides is 3. The Bertz CT molecular complexity index is 789. The Balaban J connectivity index is 0.00000225. The fourth-order valence-electron chi connectivity index (χ4n) is 3.63. The molecule has 10 heteroatoms. The molecular formula is C18H22ClN3O6. The van der Waals surface area contributed by atoms with Crippen molar-refractivity contribution in [3.05, 3.63) is 23.8 Å². The second-order valence-electron chi connectivity index (χ2n) is 6.64. The average molecular weight is 412 g/mol. The smallest absolute Gasteiger partial charge is 0.328 e. The minimum atomic E-state index is -0.573. The number of benzene rings is 1. The number of rotatable bonds is 5. The first-order valence-electron chi connectivity index (χ1n) is 8.95. The van der Waals surface area contributed by atoms with Crippen molar-refractivity contribution in [2.75, 3.05) is 39.6 Å². The molecule has 9 nitrogen and oxygen atoms in total. The Kier molecular flexibility index (Phi) is 5.95. The van der Waals surface area contributed by atoms with Gasteiger partial charge in [0.1, 0.15) is 12.6 Å². The van der Waals surface area contributed by atoms with E-state index in [4.69, 9.17) is 14.2 Å². The number of hydrogen-bond donors (Lipinski definition) is 0. The predicted octanol–water partition coefficient (Wildman–Crippen LogP) is 0.849. The van der Waals surface area contributed by atoms with E-state index in [0.29, 0.717) is 26.2 Å². The summed E-state index contributed by atoms with van der Waals surface area (Å²) >= 11 is 0. The molecule has 4 rings (SSSR count). The van der Waals surface area contributed by atoms with Crippen molar-refractivity contribution < 1.29 is 28.6 Å². The van der Waals surface area contributed by atoms with Crippen LogP contribution in [0.15, 0.2) is 18.2 Å². The minimum Gasteiger partial charge on any atom is -0.465 e. The first-order chi connectivity index (χ1) is 13.1. The molecule has 3 amide bonds. The van der Waals surface area contributed by atoms with Crippen LogP contribution in [0.25, 0.3) is 0 Å². The number of hydrogen-bond acceptors (Lipinski definition) is 7. The first kappa shape index (κ1) is 20.2. The summed E-state index contributed by atoms with van der Waals surface area (Å²) < 4.78 is 15.6. The Morgan fingerprint density at radius 2 is 2.00 bits per heavy atom. The molecule has 3 aliphatic rings. The van der Waals surface area contributed by atoms with Crippen molar-refractivity contribution in [2.45, 2.75) is 19.5 Å². The van der Waals surface area contributed by atoms with Gasteiger partial charge in [-0.2, -0.15) is 0 Å². The van der Waals surface area contributed by atoms with Gasteiger partial charge in [0.25, 0.3) is 5.91 Å². The zero-order chi connectivity index (χ0) is 19.0. The molecule has 1 unspecified atom stereocenters. The normalized spacial score (nSPS) is 20.8. The highest BCUT2D eigenvalue weighted by molar-refractivity contribution is 6.06. The SMILES string of the molecule is CCOC(=O)CN1C(=O)C2CN(Cc3ccc4c(c3)OCO4)CCN2C1=O.Cl. The van der Waals surface area contributed by atoms with Crippen molar-refractivity contribution in [2.24, 2.45) is 0 Å². The molecule has 28 heavy (non-hydrogen) atoms. The van der Waals surface area contributed by atoms with Gasteiger partial charge in [-0.1, -0.05) is 6.07 Å². The van der Waals surface area contributed by atoms with Crippen LogP contribution in [0.4, 0.5) is 4.79 Å². The zero-order valence-electron chi connectivity index (χ0n) is 15.5. The molecule has 152 valence electrons. The molecule has 0 aliphatic carbocycles. The third kappa shape index (κ3) is 3.72.